The second-order valence-electron chi connectivity index (χ2n) is 4.76. The van der Waals surface area contributed by atoms with Gasteiger partial charge in [-0.25, -0.2) is 0 Å². The Morgan fingerprint density at radius 2 is 1.90 bits per heavy atom. The highest BCUT2D eigenvalue weighted by molar-refractivity contribution is 5.97. The molecule has 0 radical (unpaired) electrons. The summed E-state index contributed by atoms with van der Waals surface area (Å²) in [5.74, 6) is 0.450. The number of aliphatic hydroxyl groups is 1. The molecule has 0 bridgehead atoms. The van der Waals surface area contributed by atoms with Crippen molar-refractivity contribution in [1.82, 2.24) is 5.32 Å². The molecule has 0 saturated carbocycles. The molecule has 4 heteroatoms. The molecule has 2 aromatic carbocycles. The van der Waals surface area contributed by atoms with E-state index >= 15 is 0 Å². The van der Waals surface area contributed by atoms with Crippen LogP contribution in [-0.4, -0.2) is 18.1 Å². The summed E-state index contributed by atoms with van der Waals surface area (Å²) >= 11 is 0. The zero-order valence-electron chi connectivity index (χ0n) is 11.0. The van der Waals surface area contributed by atoms with Crippen LogP contribution in [0.15, 0.2) is 48.5 Å². The third kappa shape index (κ3) is 2.04. The summed E-state index contributed by atoms with van der Waals surface area (Å²) in [6, 6.07) is 14.1. The normalized spacial score (nSPS) is 21.0. The molecule has 1 amide bonds. The summed E-state index contributed by atoms with van der Waals surface area (Å²) in [5, 5.41) is 13.4. The van der Waals surface area contributed by atoms with Gasteiger partial charge in [0.1, 0.15) is 11.9 Å². The zero-order valence-corrected chi connectivity index (χ0v) is 11.0. The molecule has 102 valence electrons. The first-order chi connectivity index (χ1) is 9.70. The molecule has 0 aromatic heterocycles. The minimum Gasteiger partial charge on any atom is -0.497 e. The Labute approximate surface area is 117 Å². The van der Waals surface area contributed by atoms with Crippen molar-refractivity contribution in [2.45, 2.75) is 12.1 Å². The summed E-state index contributed by atoms with van der Waals surface area (Å²) in [5.41, 5.74) is 1.97. The molecule has 0 fully saturated rings. The summed E-state index contributed by atoms with van der Waals surface area (Å²) in [4.78, 5) is 12.2. The summed E-state index contributed by atoms with van der Waals surface area (Å²) in [7, 11) is 1.56. The lowest BCUT2D eigenvalue weighted by Gasteiger charge is -2.31. The summed E-state index contributed by atoms with van der Waals surface area (Å²) in [6.45, 7) is 0. The SMILES string of the molecule is COc1ccc2c(c1)[C@@H](O)[C@H](c1ccccc1)NC2=O. The molecular formula is C16H15NO3. The second-order valence-corrected chi connectivity index (χ2v) is 4.76. The van der Waals surface area contributed by atoms with Crippen LogP contribution in [0.5, 0.6) is 5.75 Å². The number of hydrogen-bond acceptors (Lipinski definition) is 3. The molecule has 0 spiro atoms. The molecule has 3 rings (SSSR count). The van der Waals surface area contributed by atoms with Gasteiger partial charge in [0.2, 0.25) is 0 Å². The van der Waals surface area contributed by atoms with Gasteiger partial charge in [-0.3, -0.25) is 4.79 Å². The van der Waals surface area contributed by atoms with Crippen molar-refractivity contribution >= 4 is 5.91 Å². The Kier molecular flexibility index (Phi) is 3.16. The van der Waals surface area contributed by atoms with Gasteiger partial charge < -0.3 is 15.2 Å². The smallest absolute Gasteiger partial charge is 0.252 e. The number of fused-ring (bicyclic) bond motifs is 1. The van der Waals surface area contributed by atoms with Crippen LogP contribution in [0.2, 0.25) is 0 Å². The van der Waals surface area contributed by atoms with E-state index in [9.17, 15) is 9.90 Å². The first-order valence-electron chi connectivity index (χ1n) is 6.42. The third-order valence-corrected chi connectivity index (χ3v) is 3.58. The molecule has 2 N–H and O–H groups in total. The van der Waals surface area contributed by atoms with Crippen LogP contribution in [0.3, 0.4) is 0 Å². The van der Waals surface area contributed by atoms with E-state index in [4.69, 9.17) is 4.74 Å². The number of nitrogens with one attached hydrogen (secondary N) is 1. The highest BCUT2D eigenvalue weighted by atomic mass is 16.5. The number of aliphatic hydroxyl groups excluding tert-OH is 1. The van der Waals surface area contributed by atoms with E-state index in [0.717, 1.165) is 5.56 Å². The van der Waals surface area contributed by atoms with E-state index in [0.29, 0.717) is 16.9 Å². The fraction of sp³-hybridized carbons (Fsp3) is 0.188. The van der Waals surface area contributed by atoms with Gasteiger partial charge in [0.25, 0.3) is 5.91 Å². The predicted octanol–water partition coefficient (Wildman–Crippen LogP) is 2.21. The highest BCUT2D eigenvalue weighted by Gasteiger charge is 2.33. The van der Waals surface area contributed by atoms with Crippen molar-refractivity contribution in [1.29, 1.82) is 0 Å². The van der Waals surface area contributed by atoms with E-state index in [2.05, 4.69) is 5.32 Å². The van der Waals surface area contributed by atoms with Gasteiger partial charge in [0.05, 0.1) is 13.2 Å². The monoisotopic (exact) mass is 269 g/mol. The number of ether oxygens (including phenoxy) is 1. The first-order valence-corrected chi connectivity index (χ1v) is 6.42. The molecule has 0 unspecified atom stereocenters. The maximum atomic E-state index is 12.2. The van der Waals surface area contributed by atoms with E-state index in [1.54, 1.807) is 25.3 Å². The number of amides is 1. The van der Waals surface area contributed by atoms with E-state index in [1.165, 1.54) is 0 Å². The van der Waals surface area contributed by atoms with Crippen molar-refractivity contribution in [3.8, 4) is 5.75 Å². The average molecular weight is 269 g/mol. The minimum absolute atomic E-state index is 0.179. The topological polar surface area (TPSA) is 58.6 Å². The van der Waals surface area contributed by atoms with Crippen molar-refractivity contribution in [2.75, 3.05) is 7.11 Å². The zero-order chi connectivity index (χ0) is 14.1. The fourth-order valence-electron chi connectivity index (χ4n) is 2.52. The predicted molar refractivity (Wildman–Crippen MR) is 74.6 cm³/mol. The number of carbonyl (C=O) groups is 1. The molecular weight excluding hydrogens is 254 g/mol. The van der Waals surface area contributed by atoms with Crippen LogP contribution in [0.1, 0.15) is 33.6 Å². The van der Waals surface area contributed by atoms with Crippen molar-refractivity contribution in [2.24, 2.45) is 0 Å². The van der Waals surface area contributed by atoms with Gasteiger partial charge in [-0.15, -0.1) is 0 Å². The average Bonchev–Trinajstić information content (AvgIpc) is 2.51. The number of benzene rings is 2. The van der Waals surface area contributed by atoms with Crippen LogP contribution < -0.4 is 10.1 Å². The molecule has 1 heterocycles. The van der Waals surface area contributed by atoms with Crippen LogP contribution in [0, 0.1) is 0 Å². The lowest BCUT2D eigenvalue weighted by Crippen LogP contribution is -2.38. The van der Waals surface area contributed by atoms with Crippen LogP contribution in [-0.2, 0) is 0 Å². The first kappa shape index (κ1) is 12.7. The Morgan fingerprint density at radius 3 is 2.60 bits per heavy atom. The molecule has 2 aromatic rings. The second kappa shape index (κ2) is 4.98. The lowest BCUT2D eigenvalue weighted by molar-refractivity contribution is 0.0763. The molecule has 1 aliphatic heterocycles. The van der Waals surface area contributed by atoms with Crippen molar-refractivity contribution in [3.05, 3.63) is 65.2 Å². The van der Waals surface area contributed by atoms with Gasteiger partial charge in [0, 0.05) is 5.56 Å². The van der Waals surface area contributed by atoms with Crippen LogP contribution >= 0.6 is 0 Å². The van der Waals surface area contributed by atoms with Crippen molar-refractivity contribution < 1.29 is 14.6 Å². The number of rotatable bonds is 2. The number of carbonyl (C=O) groups excluding carboxylic acids is 1. The standard InChI is InChI=1S/C16H15NO3/c1-20-11-7-8-12-13(9-11)15(18)14(17-16(12)19)10-5-3-2-4-6-10/h2-9,14-15,18H,1H3,(H,17,19)/t14-,15+/m0/s1. The summed E-state index contributed by atoms with van der Waals surface area (Å²) in [6.07, 6.45) is -0.791. The Balaban J connectivity index is 2.05. The Hall–Kier alpha value is -2.33. The Bertz CT molecular complexity index is 639. The minimum atomic E-state index is -0.791. The number of methoxy groups -OCH3 is 1. The lowest BCUT2D eigenvalue weighted by atomic mass is 9.88. The summed E-state index contributed by atoms with van der Waals surface area (Å²) < 4.78 is 5.16. The van der Waals surface area contributed by atoms with Crippen LogP contribution in [0.25, 0.3) is 0 Å². The van der Waals surface area contributed by atoms with Gasteiger partial charge in [-0.1, -0.05) is 30.3 Å². The van der Waals surface area contributed by atoms with E-state index in [1.807, 2.05) is 30.3 Å². The molecule has 0 saturated heterocycles. The fourth-order valence-corrected chi connectivity index (χ4v) is 2.52. The molecule has 1 aliphatic rings. The Morgan fingerprint density at radius 1 is 1.15 bits per heavy atom. The quantitative estimate of drug-likeness (QED) is 0.878. The van der Waals surface area contributed by atoms with Gasteiger partial charge >= 0.3 is 0 Å². The molecule has 2 atom stereocenters. The van der Waals surface area contributed by atoms with E-state index in [-0.39, 0.29) is 5.91 Å². The third-order valence-electron chi connectivity index (χ3n) is 3.58. The van der Waals surface area contributed by atoms with E-state index < -0.39 is 12.1 Å². The number of hydrogen-bond donors (Lipinski definition) is 2. The van der Waals surface area contributed by atoms with Gasteiger partial charge in [-0.2, -0.15) is 0 Å². The highest BCUT2D eigenvalue weighted by Crippen LogP contribution is 2.36. The molecule has 4 nitrogen and oxygen atoms in total. The largest absolute Gasteiger partial charge is 0.497 e. The van der Waals surface area contributed by atoms with Gasteiger partial charge in [0.15, 0.2) is 0 Å². The molecule has 0 aliphatic carbocycles. The van der Waals surface area contributed by atoms with Gasteiger partial charge in [-0.05, 0) is 29.3 Å². The maximum Gasteiger partial charge on any atom is 0.252 e. The van der Waals surface area contributed by atoms with Crippen LogP contribution in [0.4, 0.5) is 0 Å². The van der Waals surface area contributed by atoms with Crippen molar-refractivity contribution in [3.63, 3.8) is 0 Å². The maximum absolute atomic E-state index is 12.2. The molecule has 20 heavy (non-hydrogen) atoms.